The number of ether oxygens (including phenoxy) is 2. The van der Waals surface area contributed by atoms with Crippen LogP contribution in [-0.2, 0) is 16.2 Å². The van der Waals surface area contributed by atoms with Crippen molar-refractivity contribution in [1.82, 2.24) is 5.32 Å². The van der Waals surface area contributed by atoms with Crippen molar-refractivity contribution < 1.29 is 32.3 Å². The fourth-order valence-electron chi connectivity index (χ4n) is 1.80. The van der Waals surface area contributed by atoms with Gasteiger partial charge in [-0.3, -0.25) is 4.79 Å². The van der Waals surface area contributed by atoms with E-state index in [-0.39, 0.29) is 30.6 Å². The Balaban J connectivity index is 1.80. The van der Waals surface area contributed by atoms with Gasteiger partial charge >= 0.3 is 6.61 Å². The second-order valence-corrected chi connectivity index (χ2v) is 4.65. The Morgan fingerprint density at radius 2 is 2.20 bits per heavy atom. The van der Waals surface area contributed by atoms with Gasteiger partial charge in [0.1, 0.15) is 5.76 Å². The van der Waals surface area contributed by atoms with Crippen LogP contribution in [0, 0.1) is 0 Å². The molecule has 1 heterocycles. The monoisotopic (exact) mass is 354 g/mol. The largest absolute Gasteiger partial charge is 0.493 e. The summed E-state index contributed by atoms with van der Waals surface area (Å²) in [5.41, 5.74) is 0.523. The number of methoxy groups -OCH3 is 1. The molecule has 0 fully saturated rings. The number of hydrogen-bond donors (Lipinski definition) is 1. The van der Waals surface area contributed by atoms with Crippen LogP contribution in [0.25, 0.3) is 0 Å². The van der Waals surface area contributed by atoms with Gasteiger partial charge in [0.15, 0.2) is 18.1 Å². The molecule has 0 unspecified atom stereocenters. The van der Waals surface area contributed by atoms with Gasteiger partial charge in [-0.15, -0.1) is 0 Å². The number of rotatable bonds is 9. The zero-order valence-corrected chi connectivity index (χ0v) is 13.3. The minimum Gasteiger partial charge on any atom is -0.493 e. The van der Waals surface area contributed by atoms with Crippen LogP contribution in [0.5, 0.6) is 11.5 Å². The molecule has 1 aromatic heterocycles. The quantitative estimate of drug-likeness (QED) is 0.553. The van der Waals surface area contributed by atoms with E-state index in [1.54, 1.807) is 12.1 Å². The van der Waals surface area contributed by atoms with Crippen molar-refractivity contribution >= 4 is 12.1 Å². The topological polar surface area (TPSA) is 82.3 Å². The molecule has 0 aliphatic heterocycles. The number of oxime groups is 1. The number of carbonyl (C=O) groups excluding carboxylic acids is 1. The summed E-state index contributed by atoms with van der Waals surface area (Å²) in [4.78, 5) is 16.4. The minimum absolute atomic E-state index is 0.0899. The maximum atomic E-state index is 12.2. The number of nitrogens with zero attached hydrogens (tertiary/aromatic N) is 1. The van der Waals surface area contributed by atoms with Gasteiger partial charge in [-0.25, -0.2) is 0 Å². The molecular weight excluding hydrogens is 338 g/mol. The second kappa shape index (κ2) is 9.26. The van der Waals surface area contributed by atoms with E-state index in [4.69, 9.17) is 14.0 Å². The molecule has 134 valence electrons. The minimum atomic E-state index is -2.95. The number of furan rings is 1. The number of hydrogen-bond acceptors (Lipinski definition) is 6. The maximum absolute atomic E-state index is 12.2. The van der Waals surface area contributed by atoms with Crippen LogP contribution in [-0.4, -0.2) is 32.4 Å². The normalized spacial score (nSPS) is 10.9. The first-order chi connectivity index (χ1) is 12.1. The fraction of sp³-hybridized carbons (Fsp3) is 0.250. The SMILES string of the molecule is COc1cc(C=NOCC(=O)NCc2ccco2)ccc1OC(F)F. The van der Waals surface area contributed by atoms with Crippen LogP contribution < -0.4 is 14.8 Å². The molecule has 0 radical (unpaired) electrons. The summed E-state index contributed by atoms with van der Waals surface area (Å²) in [6.45, 7) is -2.97. The molecule has 9 heteroatoms. The second-order valence-electron chi connectivity index (χ2n) is 4.65. The Hall–Kier alpha value is -3.10. The van der Waals surface area contributed by atoms with Gasteiger partial charge in [0.05, 0.1) is 26.1 Å². The fourth-order valence-corrected chi connectivity index (χ4v) is 1.80. The number of benzene rings is 1. The highest BCUT2D eigenvalue weighted by Crippen LogP contribution is 2.28. The zero-order valence-electron chi connectivity index (χ0n) is 13.3. The maximum Gasteiger partial charge on any atom is 0.387 e. The lowest BCUT2D eigenvalue weighted by molar-refractivity contribution is -0.125. The smallest absolute Gasteiger partial charge is 0.387 e. The van der Waals surface area contributed by atoms with E-state index < -0.39 is 6.61 Å². The molecule has 0 aliphatic carbocycles. The highest BCUT2D eigenvalue weighted by molar-refractivity contribution is 5.81. The molecule has 7 nitrogen and oxygen atoms in total. The summed E-state index contributed by atoms with van der Waals surface area (Å²) >= 11 is 0. The van der Waals surface area contributed by atoms with E-state index in [9.17, 15) is 13.6 Å². The first-order valence-corrected chi connectivity index (χ1v) is 7.15. The molecule has 0 spiro atoms. The Kier molecular flexibility index (Phi) is 6.76. The molecule has 2 rings (SSSR count). The van der Waals surface area contributed by atoms with Gasteiger partial charge < -0.3 is 24.0 Å². The molecule has 25 heavy (non-hydrogen) atoms. The Morgan fingerprint density at radius 3 is 2.88 bits per heavy atom. The Bertz CT molecular complexity index is 705. The summed E-state index contributed by atoms with van der Waals surface area (Å²) in [6, 6.07) is 7.70. The lowest BCUT2D eigenvalue weighted by atomic mass is 10.2. The molecule has 0 saturated heterocycles. The third-order valence-electron chi connectivity index (χ3n) is 2.92. The predicted molar refractivity (Wildman–Crippen MR) is 83.7 cm³/mol. The van der Waals surface area contributed by atoms with Gasteiger partial charge in [0, 0.05) is 5.56 Å². The van der Waals surface area contributed by atoms with Gasteiger partial charge in [0.25, 0.3) is 5.91 Å². The summed E-state index contributed by atoms with van der Waals surface area (Å²) in [5, 5.41) is 6.23. The number of nitrogens with one attached hydrogen (secondary N) is 1. The number of amides is 1. The molecule has 1 N–H and O–H groups in total. The van der Waals surface area contributed by atoms with E-state index in [1.165, 1.54) is 37.8 Å². The zero-order chi connectivity index (χ0) is 18.1. The van der Waals surface area contributed by atoms with Crippen molar-refractivity contribution in [3.63, 3.8) is 0 Å². The third-order valence-corrected chi connectivity index (χ3v) is 2.92. The molecule has 1 aromatic carbocycles. The van der Waals surface area contributed by atoms with E-state index in [2.05, 4.69) is 15.2 Å². The van der Waals surface area contributed by atoms with Crippen LogP contribution >= 0.6 is 0 Å². The van der Waals surface area contributed by atoms with Crippen molar-refractivity contribution in [2.75, 3.05) is 13.7 Å². The number of alkyl halides is 2. The predicted octanol–water partition coefficient (Wildman–Crippen LogP) is 2.56. The van der Waals surface area contributed by atoms with Crippen LogP contribution in [0.3, 0.4) is 0 Å². The van der Waals surface area contributed by atoms with Crippen molar-refractivity contribution in [1.29, 1.82) is 0 Å². The van der Waals surface area contributed by atoms with E-state index >= 15 is 0 Å². The Labute approximate surface area is 142 Å². The summed E-state index contributed by atoms with van der Waals surface area (Å²) in [5.74, 6) is 0.287. The lowest BCUT2D eigenvalue weighted by Crippen LogP contribution is -2.26. The van der Waals surface area contributed by atoms with E-state index in [0.717, 1.165) is 0 Å². The molecule has 0 saturated carbocycles. The first kappa shape index (κ1) is 18.2. The van der Waals surface area contributed by atoms with Crippen molar-refractivity contribution in [2.45, 2.75) is 13.2 Å². The van der Waals surface area contributed by atoms with E-state index in [1.807, 2.05) is 0 Å². The summed E-state index contributed by atoms with van der Waals surface area (Å²) in [6.07, 6.45) is 2.82. The summed E-state index contributed by atoms with van der Waals surface area (Å²) < 4.78 is 38.8. The van der Waals surface area contributed by atoms with E-state index in [0.29, 0.717) is 11.3 Å². The highest BCUT2D eigenvalue weighted by atomic mass is 19.3. The van der Waals surface area contributed by atoms with Gasteiger partial charge in [-0.05, 0) is 30.3 Å². The Morgan fingerprint density at radius 1 is 1.36 bits per heavy atom. The lowest BCUT2D eigenvalue weighted by Gasteiger charge is -2.09. The van der Waals surface area contributed by atoms with Gasteiger partial charge in [-0.2, -0.15) is 8.78 Å². The van der Waals surface area contributed by atoms with Crippen molar-refractivity contribution in [2.24, 2.45) is 5.16 Å². The standard InChI is InChI=1S/C16H16F2N2O5/c1-22-14-7-11(4-5-13(14)25-16(17)18)8-20-24-10-15(21)19-9-12-3-2-6-23-12/h2-8,16H,9-10H2,1H3,(H,19,21). The highest BCUT2D eigenvalue weighted by Gasteiger charge is 2.10. The number of halogens is 2. The summed E-state index contributed by atoms with van der Waals surface area (Å²) in [7, 11) is 1.33. The first-order valence-electron chi connectivity index (χ1n) is 7.15. The molecule has 0 bridgehead atoms. The van der Waals surface area contributed by atoms with Crippen LogP contribution in [0.4, 0.5) is 8.78 Å². The molecule has 1 amide bonds. The van der Waals surface area contributed by atoms with Crippen molar-refractivity contribution in [3.05, 3.63) is 47.9 Å². The third kappa shape index (κ3) is 6.13. The molecule has 0 aliphatic rings. The molecule has 0 atom stereocenters. The molecule has 2 aromatic rings. The molecular formula is C16H16F2N2O5. The van der Waals surface area contributed by atoms with Crippen LogP contribution in [0.15, 0.2) is 46.2 Å². The average molecular weight is 354 g/mol. The van der Waals surface area contributed by atoms with Gasteiger partial charge in [0.2, 0.25) is 0 Å². The van der Waals surface area contributed by atoms with Crippen LogP contribution in [0.1, 0.15) is 11.3 Å². The number of carbonyl (C=O) groups is 1. The van der Waals surface area contributed by atoms with Gasteiger partial charge in [-0.1, -0.05) is 5.16 Å². The van der Waals surface area contributed by atoms with Crippen molar-refractivity contribution in [3.8, 4) is 11.5 Å². The average Bonchev–Trinajstić information content (AvgIpc) is 3.11. The van der Waals surface area contributed by atoms with Crippen LogP contribution in [0.2, 0.25) is 0 Å².